The summed E-state index contributed by atoms with van der Waals surface area (Å²) in [5.41, 5.74) is 10.2. The number of phenolic OH excluding ortho intramolecular Hbond substituents is 1. The van der Waals surface area contributed by atoms with Gasteiger partial charge in [0.15, 0.2) is 15.6 Å². The Morgan fingerprint density at radius 3 is 2.59 bits per heavy atom. The Morgan fingerprint density at radius 2 is 1.87 bits per heavy atom. The molecule has 3 N–H and O–H groups in total. The van der Waals surface area contributed by atoms with Gasteiger partial charge in [0.25, 0.3) is 0 Å². The van der Waals surface area contributed by atoms with E-state index in [4.69, 9.17) is 15.6 Å². The molecule has 3 aliphatic heterocycles. The molecule has 0 unspecified atom stereocenters. The number of phenols is 1. The summed E-state index contributed by atoms with van der Waals surface area (Å²) < 4.78 is 34.3. The lowest BCUT2D eigenvalue weighted by Crippen LogP contribution is -2.42. The number of amides is 2. The number of urea groups is 1. The van der Waals surface area contributed by atoms with Gasteiger partial charge in [-0.15, -0.1) is 0 Å². The molecule has 2 aromatic carbocycles. The lowest BCUT2D eigenvalue weighted by molar-refractivity contribution is 0.156. The summed E-state index contributed by atoms with van der Waals surface area (Å²) in [7, 11) is -3.51. The number of likely N-dealkylation sites (tertiary alicyclic amines) is 1. The van der Waals surface area contributed by atoms with Crippen molar-refractivity contribution >= 4 is 37.6 Å². The molecule has 0 spiro atoms. The second kappa shape index (κ2) is 13.5. The van der Waals surface area contributed by atoms with Crippen molar-refractivity contribution in [3.05, 3.63) is 82.4 Å². The minimum Gasteiger partial charge on any atom is -0.508 e. The molecule has 244 valence electrons. The highest BCUT2D eigenvalue weighted by atomic mass is 79.9. The Hall–Kier alpha value is -3.81. The molecule has 4 heterocycles. The predicted octanol–water partition coefficient (Wildman–Crippen LogP) is 4.91. The summed E-state index contributed by atoms with van der Waals surface area (Å²) in [5, 5.41) is 15.1. The van der Waals surface area contributed by atoms with E-state index < -0.39 is 15.9 Å². The Bertz CT molecular complexity index is 1760. The number of fused-ring (bicyclic) bond motifs is 1. The first-order valence-electron chi connectivity index (χ1n) is 15.6. The summed E-state index contributed by atoms with van der Waals surface area (Å²) in [6.45, 7) is 6.28. The van der Waals surface area contributed by atoms with E-state index in [0.29, 0.717) is 24.4 Å². The number of aromatic hydroxyl groups is 1. The van der Waals surface area contributed by atoms with Gasteiger partial charge in [0, 0.05) is 77.9 Å². The van der Waals surface area contributed by atoms with Crippen molar-refractivity contribution in [3.8, 4) is 17.0 Å². The normalized spacial score (nSPS) is 17.5. The maximum atomic E-state index is 12.7. The van der Waals surface area contributed by atoms with Crippen molar-refractivity contribution in [2.24, 2.45) is 5.73 Å². The second-order valence-corrected chi connectivity index (χ2v) is 15.0. The first-order chi connectivity index (χ1) is 22.1. The molecule has 1 aromatic heterocycles. The number of carbonyl (C=O) groups excluding carboxylic acids is 1. The molecule has 11 nitrogen and oxygen atoms in total. The van der Waals surface area contributed by atoms with Crippen molar-refractivity contribution in [2.75, 3.05) is 31.9 Å². The van der Waals surface area contributed by atoms with Crippen LogP contribution in [0.5, 0.6) is 5.75 Å². The van der Waals surface area contributed by atoms with Gasteiger partial charge < -0.3 is 30.3 Å². The van der Waals surface area contributed by atoms with Gasteiger partial charge >= 0.3 is 6.03 Å². The van der Waals surface area contributed by atoms with Crippen molar-refractivity contribution in [1.29, 1.82) is 0 Å². The van der Waals surface area contributed by atoms with Crippen LogP contribution in [0.3, 0.4) is 0 Å². The molecular weight excluding hydrogens is 672 g/mol. The Labute approximate surface area is 278 Å². The highest BCUT2D eigenvalue weighted by Crippen LogP contribution is 2.33. The minimum atomic E-state index is -3.51. The zero-order valence-electron chi connectivity index (χ0n) is 25.8. The number of ether oxygens (including phenoxy) is 1. The van der Waals surface area contributed by atoms with Gasteiger partial charge in [0.2, 0.25) is 0 Å². The molecule has 46 heavy (non-hydrogen) atoms. The van der Waals surface area contributed by atoms with E-state index in [1.807, 2.05) is 36.7 Å². The van der Waals surface area contributed by atoms with Crippen LogP contribution in [0, 0.1) is 0 Å². The number of primary amides is 1. The molecule has 6 rings (SSSR count). The van der Waals surface area contributed by atoms with Crippen molar-refractivity contribution in [3.63, 3.8) is 0 Å². The lowest BCUT2D eigenvalue weighted by atomic mass is 10.0. The van der Waals surface area contributed by atoms with E-state index in [0.717, 1.165) is 73.2 Å². The summed E-state index contributed by atoms with van der Waals surface area (Å²) >= 11 is 3.51. The van der Waals surface area contributed by atoms with E-state index in [-0.39, 0.29) is 22.4 Å². The van der Waals surface area contributed by atoms with Crippen molar-refractivity contribution < 1.29 is 23.1 Å². The number of nitrogens with zero attached hydrogens (tertiary/aromatic N) is 5. The van der Waals surface area contributed by atoms with Gasteiger partial charge in [-0.1, -0.05) is 35.0 Å². The van der Waals surface area contributed by atoms with Crippen LogP contribution in [0.1, 0.15) is 43.0 Å². The molecule has 13 heteroatoms. The van der Waals surface area contributed by atoms with Crippen LogP contribution < -0.4 is 5.73 Å². The number of hydrogen-bond acceptors (Lipinski definition) is 8. The average Bonchev–Trinajstić information content (AvgIpc) is 3.43. The molecule has 2 amide bonds. The van der Waals surface area contributed by atoms with Gasteiger partial charge in [-0.25, -0.2) is 13.2 Å². The van der Waals surface area contributed by atoms with E-state index in [2.05, 4.69) is 30.4 Å². The fourth-order valence-corrected chi connectivity index (χ4v) is 7.81. The van der Waals surface area contributed by atoms with Crippen LogP contribution >= 0.6 is 15.9 Å². The number of halogens is 1. The number of hydrogen-bond donors (Lipinski definition) is 2. The molecule has 1 saturated heterocycles. The second-order valence-electron chi connectivity index (χ2n) is 11.9. The van der Waals surface area contributed by atoms with Gasteiger partial charge in [-0.3, -0.25) is 4.68 Å². The number of benzene rings is 2. The van der Waals surface area contributed by atoms with E-state index >= 15 is 0 Å². The van der Waals surface area contributed by atoms with Gasteiger partial charge in [-0.2, -0.15) is 5.10 Å². The van der Waals surface area contributed by atoms with Crippen LogP contribution in [-0.4, -0.2) is 82.0 Å². The van der Waals surface area contributed by atoms with Crippen molar-refractivity contribution in [2.45, 2.75) is 56.6 Å². The predicted molar refractivity (Wildman–Crippen MR) is 179 cm³/mol. The molecule has 3 aromatic rings. The maximum absolute atomic E-state index is 12.7. The maximum Gasteiger partial charge on any atom is 0.315 e. The monoisotopic (exact) mass is 710 g/mol. The first-order valence-corrected chi connectivity index (χ1v) is 18.1. The number of sulfone groups is 1. The third-order valence-corrected chi connectivity index (χ3v) is 11.3. The molecule has 1 fully saturated rings. The Morgan fingerprint density at radius 1 is 1.11 bits per heavy atom. The van der Waals surface area contributed by atoms with Crippen LogP contribution in [0.2, 0.25) is 0 Å². The third-order valence-electron chi connectivity index (χ3n) is 9.02. The fraction of sp³-hybridized carbons (Fsp3) is 0.394. The van der Waals surface area contributed by atoms with Crippen LogP contribution in [0.25, 0.3) is 17.0 Å². The number of aryl methyl sites for hydroxylation is 1. The van der Waals surface area contributed by atoms with Crippen LogP contribution in [-0.2, 0) is 34.1 Å². The first kappa shape index (κ1) is 32.1. The highest BCUT2D eigenvalue weighted by Gasteiger charge is 2.29. The topological polar surface area (TPSA) is 134 Å². The molecule has 0 aliphatic carbocycles. The summed E-state index contributed by atoms with van der Waals surface area (Å²) in [4.78, 5) is 18.4. The summed E-state index contributed by atoms with van der Waals surface area (Å²) in [6, 6.07) is 12.2. The highest BCUT2D eigenvalue weighted by molar-refractivity contribution is 9.10. The van der Waals surface area contributed by atoms with Crippen LogP contribution in [0.15, 0.2) is 70.5 Å². The number of nitrogens with two attached hydrogens (primary N) is 1. The minimum absolute atomic E-state index is 0.0169. The smallest absolute Gasteiger partial charge is 0.315 e. The zero-order valence-corrected chi connectivity index (χ0v) is 28.2. The largest absolute Gasteiger partial charge is 0.508 e. The SMILES string of the molecule is CCS(=O)(=O)c1ccc(O)cc1C1=CN(C2CCN(CCCn3nc(-c4ccc(Br)cc4)c4c3CCN(C(N)=O)C4)CC2)C=CO1. The zero-order chi connectivity index (χ0) is 32.4. The quantitative estimate of drug-likeness (QED) is 0.320. The van der Waals surface area contributed by atoms with Crippen molar-refractivity contribution in [1.82, 2.24) is 24.5 Å². The third kappa shape index (κ3) is 6.81. The number of rotatable bonds is 9. The Kier molecular flexibility index (Phi) is 9.44. The standard InChI is InChI=1S/C33H39BrN6O5S/c1-2-46(43,44)31-9-8-26(41)20-27(31)30-22-38(18-19-45-30)25-10-15-37(16-11-25)13-3-14-40-29-12-17-39(33(35)42)21-28(29)32(36-40)23-4-6-24(34)7-5-23/h4-9,18-20,22,25,41H,2-3,10-17,21H2,1H3,(H2,35,42). The molecule has 0 bridgehead atoms. The van der Waals surface area contributed by atoms with Gasteiger partial charge in [0.1, 0.15) is 12.0 Å². The average molecular weight is 712 g/mol. The number of piperidine rings is 1. The Balaban J connectivity index is 1.08. The molecular formula is C33H39BrN6O5S. The molecule has 0 saturated carbocycles. The van der Waals surface area contributed by atoms with E-state index in [1.165, 1.54) is 23.9 Å². The molecule has 0 atom stereocenters. The van der Waals surface area contributed by atoms with E-state index in [1.54, 1.807) is 18.1 Å². The van der Waals surface area contributed by atoms with Gasteiger partial charge in [-0.05, 0) is 56.1 Å². The lowest BCUT2D eigenvalue weighted by Gasteiger charge is -2.37. The van der Waals surface area contributed by atoms with Gasteiger partial charge in [0.05, 0.1) is 22.9 Å². The molecule has 3 aliphatic rings. The fourth-order valence-electron chi connectivity index (χ4n) is 6.47. The number of carbonyl (C=O) groups is 1. The summed E-state index contributed by atoms with van der Waals surface area (Å²) in [5.74, 6) is 0.341. The number of aromatic nitrogens is 2. The molecule has 0 radical (unpaired) electrons. The van der Waals surface area contributed by atoms with E-state index in [9.17, 15) is 18.3 Å². The van der Waals surface area contributed by atoms with Crippen LogP contribution in [0.4, 0.5) is 4.79 Å². The summed E-state index contributed by atoms with van der Waals surface area (Å²) in [6.07, 6.45) is 8.86.